The van der Waals surface area contributed by atoms with Crippen molar-refractivity contribution in [1.29, 1.82) is 5.26 Å². The predicted molar refractivity (Wildman–Crippen MR) is 107 cm³/mol. The lowest BCUT2D eigenvalue weighted by molar-refractivity contribution is 0.0616. The lowest BCUT2D eigenvalue weighted by atomic mass is 9.94. The molecule has 4 rings (SSSR count). The standard InChI is InChI=1S/C21H14N4O5/c1-10-15(8-22)18(27)24(2)19(28)16(10)9-23-25-20(29)13-5-3-4-11-6-12(26)7-14(17(11)13)21(25)30/h3-7,9,26,28H,1-2H3. The fourth-order valence-electron chi connectivity index (χ4n) is 3.49. The molecule has 148 valence electrons. The smallest absolute Gasteiger partial charge is 0.282 e. The third-order valence-corrected chi connectivity index (χ3v) is 5.08. The summed E-state index contributed by atoms with van der Waals surface area (Å²) in [4.78, 5) is 37.9. The van der Waals surface area contributed by atoms with Crippen molar-refractivity contribution in [3.8, 4) is 17.7 Å². The number of phenols is 1. The van der Waals surface area contributed by atoms with Crippen molar-refractivity contribution in [3.05, 3.63) is 68.5 Å². The molecule has 1 aliphatic rings. The van der Waals surface area contributed by atoms with Crippen LogP contribution in [-0.4, -0.2) is 37.8 Å². The maximum Gasteiger partial charge on any atom is 0.282 e. The molecule has 0 saturated carbocycles. The van der Waals surface area contributed by atoms with Crippen LogP contribution in [0.2, 0.25) is 0 Å². The largest absolute Gasteiger partial charge is 0.508 e. The van der Waals surface area contributed by atoms with E-state index < -0.39 is 23.3 Å². The van der Waals surface area contributed by atoms with Gasteiger partial charge in [-0.1, -0.05) is 12.1 Å². The maximum atomic E-state index is 12.9. The van der Waals surface area contributed by atoms with Crippen LogP contribution in [0.5, 0.6) is 11.6 Å². The van der Waals surface area contributed by atoms with Crippen LogP contribution < -0.4 is 5.56 Å². The van der Waals surface area contributed by atoms with Crippen LogP contribution in [0.25, 0.3) is 10.8 Å². The van der Waals surface area contributed by atoms with Gasteiger partial charge in [0.05, 0.1) is 22.9 Å². The van der Waals surface area contributed by atoms with Gasteiger partial charge in [-0.15, -0.1) is 0 Å². The quantitative estimate of drug-likeness (QED) is 0.495. The second-order valence-electron chi connectivity index (χ2n) is 6.78. The third-order valence-electron chi connectivity index (χ3n) is 5.08. The molecule has 0 unspecified atom stereocenters. The highest BCUT2D eigenvalue weighted by atomic mass is 16.3. The molecule has 2 N–H and O–H groups in total. The molecule has 0 aliphatic carbocycles. The Bertz CT molecular complexity index is 1410. The summed E-state index contributed by atoms with van der Waals surface area (Å²) in [6.07, 6.45) is 1.05. The summed E-state index contributed by atoms with van der Waals surface area (Å²) in [5.74, 6) is -2.02. The molecule has 0 spiro atoms. The molecular weight excluding hydrogens is 388 g/mol. The molecule has 3 aromatic rings. The number of carbonyl (C=O) groups excluding carboxylic acids is 2. The van der Waals surface area contributed by atoms with E-state index in [2.05, 4.69) is 5.10 Å². The Morgan fingerprint density at radius 2 is 1.80 bits per heavy atom. The van der Waals surface area contributed by atoms with Crippen molar-refractivity contribution in [2.45, 2.75) is 6.92 Å². The van der Waals surface area contributed by atoms with Crippen molar-refractivity contribution in [3.63, 3.8) is 0 Å². The zero-order chi connectivity index (χ0) is 21.7. The van der Waals surface area contributed by atoms with Crippen molar-refractivity contribution in [1.82, 2.24) is 9.58 Å². The summed E-state index contributed by atoms with van der Waals surface area (Å²) < 4.78 is 0.876. The number of imide groups is 1. The molecule has 1 aromatic heterocycles. The molecule has 0 saturated heterocycles. The van der Waals surface area contributed by atoms with E-state index in [1.165, 1.54) is 26.1 Å². The summed E-state index contributed by atoms with van der Waals surface area (Å²) >= 11 is 0. The Kier molecular flexibility index (Phi) is 4.13. The zero-order valence-corrected chi connectivity index (χ0v) is 15.9. The fraction of sp³-hybridized carbons (Fsp3) is 0.0952. The minimum atomic E-state index is -0.752. The zero-order valence-electron chi connectivity index (χ0n) is 15.9. The molecular formula is C21H14N4O5. The topological polar surface area (TPSA) is 136 Å². The molecule has 2 amide bonds. The Hall–Kier alpha value is -4.45. The van der Waals surface area contributed by atoms with Crippen molar-refractivity contribution in [2.24, 2.45) is 12.1 Å². The van der Waals surface area contributed by atoms with Crippen LogP contribution in [0.4, 0.5) is 0 Å². The molecule has 9 heteroatoms. The minimum absolute atomic E-state index is 0.0224. The second-order valence-corrected chi connectivity index (χ2v) is 6.78. The Morgan fingerprint density at radius 3 is 2.50 bits per heavy atom. The van der Waals surface area contributed by atoms with Crippen molar-refractivity contribution in [2.75, 3.05) is 0 Å². The van der Waals surface area contributed by atoms with Gasteiger partial charge in [0, 0.05) is 12.4 Å². The number of aromatic hydroxyl groups is 2. The Labute approximate surface area is 169 Å². The first kappa shape index (κ1) is 18.9. The molecule has 2 heterocycles. The van der Waals surface area contributed by atoms with Gasteiger partial charge < -0.3 is 10.2 Å². The monoisotopic (exact) mass is 402 g/mol. The summed E-state index contributed by atoms with van der Waals surface area (Å²) in [6, 6.07) is 9.34. The number of phenolic OH excluding ortho intramolecular Hbond substituents is 1. The maximum absolute atomic E-state index is 12.9. The van der Waals surface area contributed by atoms with Crippen molar-refractivity contribution >= 4 is 28.8 Å². The van der Waals surface area contributed by atoms with Crippen LogP contribution >= 0.6 is 0 Å². The van der Waals surface area contributed by atoms with E-state index in [1.807, 2.05) is 0 Å². The van der Waals surface area contributed by atoms with Gasteiger partial charge in [0.2, 0.25) is 5.88 Å². The Morgan fingerprint density at radius 1 is 1.10 bits per heavy atom. The number of nitrogens with zero attached hydrogens (tertiary/aromatic N) is 4. The van der Waals surface area contributed by atoms with Gasteiger partial charge >= 0.3 is 0 Å². The van der Waals surface area contributed by atoms with Gasteiger partial charge in [0.1, 0.15) is 17.4 Å². The van der Waals surface area contributed by atoms with Gasteiger partial charge in [-0.3, -0.25) is 19.0 Å². The van der Waals surface area contributed by atoms with Crippen LogP contribution in [-0.2, 0) is 7.05 Å². The number of nitriles is 1. The summed E-state index contributed by atoms with van der Waals surface area (Å²) in [5.41, 5.74) is -0.332. The number of aromatic nitrogens is 1. The van der Waals surface area contributed by atoms with Gasteiger partial charge in [0.15, 0.2) is 0 Å². The first-order chi connectivity index (χ1) is 14.3. The van der Waals surface area contributed by atoms with E-state index in [1.54, 1.807) is 24.3 Å². The normalized spacial score (nSPS) is 13.3. The highest BCUT2D eigenvalue weighted by Crippen LogP contribution is 2.33. The highest BCUT2D eigenvalue weighted by Gasteiger charge is 2.33. The highest BCUT2D eigenvalue weighted by molar-refractivity contribution is 6.25. The lowest BCUT2D eigenvalue weighted by Crippen LogP contribution is -2.36. The molecule has 0 atom stereocenters. The van der Waals surface area contributed by atoms with Gasteiger partial charge in [-0.2, -0.15) is 15.4 Å². The first-order valence-electron chi connectivity index (χ1n) is 8.77. The number of pyridine rings is 1. The van der Waals surface area contributed by atoms with Gasteiger partial charge in [0.25, 0.3) is 17.4 Å². The number of hydrogen-bond acceptors (Lipinski definition) is 7. The summed E-state index contributed by atoms with van der Waals surface area (Å²) in [6.45, 7) is 1.45. The van der Waals surface area contributed by atoms with E-state index in [9.17, 15) is 29.9 Å². The van der Waals surface area contributed by atoms with Crippen LogP contribution in [0.15, 0.2) is 40.2 Å². The van der Waals surface area contributed by atoms with E-state index >= 15 is 0 Å². The fourth-order valence-corrected chi connectivity index (χ4v) is 3.49. The number of hydrogen-bond donors (Lipinski definition) is 2. The number of rotatable bonds is 2. The SMILES string of the molecule is Cc1c(C=NN2C(=O)c3cccc4cc(O)cc(c34)C2=O)c(O)n(C)c(=O)c1C#N. The van der Waals surface area contributed by atoms with Crippen molar-refractivity contribution < 1.29 is 19.8 Å². The van der Waals surface area contributed by atoms with E-state index in [0.717, 1.165) is 10.8 Å². The van der Waals surface area contributed by atoms with Crippen LogP contribution in [0.3, 0.4) is 0 Å². The molecule has 9 nitrogen and oxygen atoms in total. The molecule has 0 radical (unpaired) electrons. The summed E-state index contributed by atoms with van der Waals surface area (Å²) in [7, 11) is 1.28. The number of hydrazone groups is 1. The number of amides is 2. The number of carbonyl (C=O) groups is 2. The second kappa shape index (κ2) is 6.56. The van der Waals surface area contributed by atoms with Crippen LogP contribution in [0.1, 0.15) is 37.4 Å². The first-order valence-corrected chi connectivity index (χ1v) is 8.77. The summed E-state index contributed by atoms with van der Waals surface area (Å²) in [5, 5.41) is 35.0. The van der Waals surface area contributed by atoms with E-state index in [0.29, 0.717) is 15.8 Å². The minimum Gasteiger partial charge on any atom is -0.508 e. The van der Waals surface area contributed by atoms with Gasteiger partial charge in [-0.25, -0.2) is 0 Å². The van der Waals surface area contributed by atoms with E-state index in [4.69, 9.17) is 0 Å². The number of benzene rings is 2. The molecule has 0 fully saturated rings. The predicted octanol–water partition coefficient (Wildman–Crippen LogP) is 1.76. The molecule has 2 aromatic carbocycles. The molecule has 0 bridgehead atoms. The van der Waals surface area contributed by atoms with E-state index in [-0.39, 0.29) is 33.6 Å². The van der Waals surface area contributed by atoms with Crippen LogP contribution in [0, 0.1) is 18.3 Å². The van der Waals surface area contributed by atoms with Gasteiger partial charge in [-0.05, 0) is 36.1 Å². The lowest BCUT2D eigenvalue weighted by Gasteiger charge is -2.23. The average molecular weight is 402 g/mol. The molecule has 30 heavy (non-hydrogen) atoms. The third kappa shape index (κ3) is 2.55. The molecule has 1 aliphatic heterocycles. The average Bonchev–Trinajstić information content (AvgIpc) is 2.72. The Balaban J connectivity index is 1.87.